The molecule has 94 valence electrons. The van der Waals surface area contributed by atoms with Crippen LogP contribution in [0.5, 0.6) is 0 Å². The number of benzene rings is 1. The molecule has 1 unspecified atom stereocenters. The third-order valence-corrected chi connectivity index (χ3v) is 2.34. The highest BCUT2D eigenvalue weighted by Crippen LogP contribution is 2.18. The Balaban J connectivity index is 3.10. The van der Waals surface area contributed by atoms with Gasteiger partial charge in [-0.2, -0.15) is 10.2 Å². The van der Waals surface area contributed by atoms with Gasteiger partial charge in [0.25, 0.3) is 0 Å². The third-order valence-electron chi connectivity index (χ3n) is 2.04. The Labute approximate surface area is 115 Å². The molecule has 0 amide bonds. The minimum atomic E-state index is -0.675. The van der Waals surface area contributed by atoms with Gasteiger partial charge < -0.3 is 11.5 Å². The Kier molecular flexibility index (Phi) is 5.28. The predicted octanol–water partition coefficient (Wildman–Crippen LogP) is 1.23. The second-order valence-electron chi connectivity index (χ2n) is 3.28. The van der Waals surface area contributed by atoms with E-state index in [4.69, 9.17) is 29.2 Å². The molecule has 0 aliphatic heterocycles. The molecule has 0 aliphatic carbocycles. The molecule has 0 aliphatic rings. The van der Waals surface area contributed by atoms with Gasteiger partial charge >= 0.3 is 0 Å². The van der Waals surface area contributed by atoms with E-state index in [2.05, 4.69) is 27.9 Å². The van der Waals surface area contributed by atoms with Crippen molar-refractivity contribution in [1.29, 1.82) is 5.53 Å². The summed E-state index contributed by atoms with van der Waals surface area (Å²) < 4.78 is 0. The Hall–Kier alpha value is -1.93. The Morgan fingerprint density at radius 3 is 2.28 bits per heavy atom. The molecular formula is C10H12N6S2. The van der Waals surface area contributed by atoms with E-state index in [1.54, 1.807) is 12.1 Å². The molecule has 6 N–H and O–H groups in total. The van der Waals surface area contributed by atoms with Crippen molar-refractivity contribution in [2.45, 2.75) is 6.04 Å². The van der Waals surface area contributed by atoms with Crippen LogP contribution in [0.3, 0.4) is 0 Å². The highest BCUT2D eigenvalue weighted by molar-refractivity contribution is 7.82. The Bertz CT molecular complexity index is 484. The maximum Gasteiger partial charge on any atom is 0.184 e. The van der Waals surface area contributed by atoms with Crippen LogP contribution in [0, 0.1) is 5.53 Å². The van der Waals surface area contributed by atoms with E-state index in [0.717, 1.165) is 5.56 Å². The summed E-state index contributed by atoms with van der Waals surface area (Å²) in [4.78, 5) is 0.0311. The summed E-state index contributed by atoms with van der Waals surface area (Å²) in [5.74, 6) is 0. The second kappa shape index (κ2) is 6.72. The number of thiocarbonyl (C=S) groups is 2. The maximum atomic E-state index is 7.24. The molecule has 0 bridgehead atoms. The highest BCUT2D eigenvalue weighted by atomic mass is 32.1. The number of hydrazone groups is 1. The summed E-state index contributed by atoms with van der Waals surface area (Å²) in [6.45, 7) is 0. The van der Waals surface area contributed by atoms with Crippen molar-refractivity contribution in [3.63, 3.8) is 0 Å². The molecule has 1 aromatic carbocycles. The maximum absolute atomic E-state index is 7.24. The fourth-order valence-corrected chi connectivity index (χ4v) is 1.50. The zero-order valence-corrected chi connectivity index (χ0v) is 11.0. The number of nitrogens with two attached hydrogens (primary N) is 2. The van der Waals surface area contributed by atoms with Crippen LogP contribution in [-0.2, 0) is 0 Å². The standard InChI is InChI=1S/C10H12N6S2/c11-9(17)8(15-16-10(12)18)7(14-13)6-4-2-1-3-5-6/h1-5,7,13H,(H2,11,17)(H3,12,16,18). The summed E-state index contributed by atoms with van der Waals surface area (Å²) in [6.07, 6.45) is 0. The van der Waals surface area contributed by atoms with Crippen LogP contribution in [0.15, 0.2) is 40.5 Å². The fraction of sp³-hybridized carbons (Fsp3) is 0.100. The smallest absolute Gasteiger partial charge is 0.184 e. The minimum Gasteiger partial charge on any atom is -0.388 e. The zero-order chi connectivity index (χ0) is 13.5. The zero-order valence-electron chi connectivity index (χ0n) is 9.33. The van der Waals surface area contributed by atoms with Gasteiger partial charge in [-0.3, -0.25) is 5.43 Å². The Morgan fingerprint density at radius 2 is 1.83 bits per heavy atom. The normalized spacial score (nSPS) is 12.6. The summed E-state index contributed by atoms with van der Waals surface area (Å²) in [7, 11) is 0. The van der Waals surface area contributed by atoms with Gasteiger partial charge in [-0.15, -0.1) is 0 Å². The van der Waals surface area contributed by atoms with E-state index in [1.165, 1.54) is 0 Å². The van der Waals surface area contributed by atoms with Crippen LogP contribution in [0.25, 0.3) is 0 Å². The summed E-state index contributed by atoms with van der Waals surface area (Å²) in [5.41, 5.74) is 21.5. The van der Waals surface area contributed by atoms with E-state index in [9.17, 15) is 0 Å². The van der Waals surface area contributed by atoms with Gasteiger partial charge in [0.15, 0.2) is 5.11 Å². The van der Waals surface area contributed by atoms with Gasteiger partial charge in [0, 0.05) is 0 Å². The SMILES string of the molecule is N=NC(C(=NNC(N)=S)C(N)=S)c1ccccc1. The molecule has 0 aromatic heterocycles. The van der Waals surface area contributed by atoms with E-state index in [-0.39, 0.29) is 15.8 Å². The molecular weight excluding hydrogens is 268 g/mol. The first-order chi connectivity index (χ1) is 8.56. The fourth-order valence-electron chi connectivity index (χ4n) is 1.30. The van der Waals surface area contributed by atoms with Crippen LogP contribution in [0.4, 0.5) is 0 Å². The van der Waals surface area contributed by atoms with Crippen molar-refractivity contribution in [2.24, 2.45) is 21.7 Å². The van der Waals surface area contributed by atoms with Crippen molar-refractivity contribution in [1.82, 2.24) is 5.43 Å². The molecule has 1 rings (SSSR count). The molecule has 1 atom stereocenters. The minimum absolute atomic E-state index is 0.0134. The number of nitrogens with one attached hydrogen (secondary N) is 2. The molecule has 8 heteroatoms. The van der Waals surface area contributed by atoms with Gasteiger partial charge in [-0.05, 0) is 17.8 Å². The molecule has 6 nitrogen and oxygen atoms in total. The number of nitrogens with zero attached hydrogens (tertiary/aromatic N) is 2. The molecule has 18 heavy (non-hydrogen) atoms. The summed E-state index contributed by atoms with van der Waals surface area (Å²) in [6, 6.07) is 8.44. The van der Waals surface area contributed by atoms with Crippen molar-refractivity contribution < 1.29 is 0 Å². The van der Waals surface area contributed by atoms with Gasteiger partial charge in [-0.1, -0.05) is 42.5 Å². The third kappa shape index (κ3) is 3.82. The van der Waals surface area contributed by atoms with E-state index in [1.807, 2.05) is 18.2 Å². The average molecular weight is 280 g/mol. The first-order valence-electron chi connectivity index (χ1n) is 4.90. The molecule has 0 heterocycles. The van der Waals surface area contributed by atoms with Gasteiger partial charge in [-0.25, -0.2) is 5.53 Å². The first kappa shape index (κ1) is 14.1. The largest absolute Gasteiger partial charge is 0.388 e. The van der Waals surface area contributed by atoms with Crippen LogP contribution < -0.4 is 16.9 Å². The summed E-state index contributed by atoms with van der Waals surface area (Å²) in [5, 5.41) is 7.36. The van der Waals surface area contributed by atoms with Crippen LogP contribution in [0.2, 0.25) is 0 Å². The monoisotopic (exact) mass is 280 g/mol. The van der Waals surface area contributed by atoms with E-state index >= 15 is 0 Å². The molecule has 0 radical (unpaired) electrons. The van der Waals surface area contributed by atoms with Gasteiger partial charge in [0.05, 0.1) is 0 Å². The quantitative estimate of drug-likeness (QED) is 0.280. The van der Waals surface area contributed by atoms with E-state index in [0.29, 0.717) is 0 Å². The molecule has 0 saturated heterocycles. The molecule has 1 aromatic rings. The van der Waals surface area contributed by atoms with Crippen LogP contribution in [-0.4, -0.2) is 15.8 Å². The van der Waals surface area contributed by atoms with Gasteiger partial charge in [0.1, 0.15) is 16.7 Å². The number of hydrogen-bond donors (Lipinski definition) is 4. The molecule has 0 spiro atoms. The van der Waals surface area contributed by atoms with Gasteiger partial charge in [0.2, 0.25) is 0 Å². The predicted molar refractivity (Wildman–Crippen MR) is 78.5 cm³/mol. The lowest BCUT2D eigenvalue weighted by Crippen LogP contribution is -2.32. The lowest BCUT2D eigenvalue weighted by Gasteiger charge is -2.13. The topological polar surface area (TPSA) is 113 Å². The van der Waals surface area contributed by atoms with Crippen LogP contribution in [0.1, 0.15) is 11.6 Å². The number of hydrogen-bond acceptors (Lipinski definition) is 5. The Morgan fingerprint density at radius 1 is 1.22 bits per heavy atom. The molecule has 0 fully saturated rings. The van der Waals surface area contributed by atoms with Crippen molar-refractivity contribution in [3.05, 3.63) is 35.9 Å². The lowest BCUT2D eigenvalue weighted by molar-refractivity contribution is 0.832. The van der Waals surface area contributed by atoms with Crippen molar-refractivity contribution >= 4 is 40.2 Å². The first-order valence-corrected chi connectivity index (χ1v) is 5.72. The lowest BCUT2D eigenvalue weighted by atomic mass is 10.0. The average Bonchev–Trinajstić information content (AvgIpc) is 2.34. The molecule has 0 saturated carbocycles. The van der Waals surface area contributed by atoms with Crippen molar-refractivity contribution in [2.75, 3.05) is 0 Å². The number of rotatable bonds is 5. The van der Waals surface area contributed by atoms with Crippen LogP contribution >= 0.6 is 24.4 Å². The van der Waals surface area contributed by atoms with E-state index < -0.39 is 6.04 Å². The van der Waals surface area contributed by atoms with Crippen molar-refractivity contribution in [3.8, 4) is 0 Å². The summed E-state index contributed by atoms with van der Waals surface area (Å²) >= 11 is 9.53. The highest BCUT2D eigenvalue weighted by Gasteiger charge is 2.20. The second-order valence-corrected chi connectivity index (χ2v) is 4.16.